The van der Waals surface area contributed by atoms with Crippen LogP contribution in [0.4, 0.5) is 0 Å². The zero-order valence-corrected chi connectivity index (χ0v) is 18.8. The van der Waals surface area contributed by atoms with E-state index in [2.05, 4.69) is 31.6 Å². The van der Waals surface area contributed by atoms with Crippen LogP contribution in [0.3, 0.4) is 0 Å². The van der Waals surface area contributed by atoms with Crippen molar-refractivity contribution in [1.29, 1.82) is 0 Å². The molecule has 0 unspecified atom stereocenters. The van der Waals surface area contributed by atoms with Gasteiger partial charge in [0.05, 0.1) is 12.2 Å². The van der Waals surface area contributed by atoms with Crippen molar-refractivity contribution in [2.45, 2.75) is 58.8 Å². The van der Waals surface area contributed by atoms with Gasteiger partial charge in [0.1, 0.15) is 11.5 Å². The second-order valence-electron chi connectivity index (χ2n) is 7.54. The molecule has 0 saturated carbocycles. The first-order chi connectivity index (χ1) is 15.1. The number of para-hydroxylation sites is 2. The molecule has 6 nitrogen and oxygen atoms in total. The highest BCUT2D eigenvalue weighted by Crippen LogP contribution is 2.28. The summed E-state index contributed by atoms with van der Waals surface area (Å²) in [6, 6.07) is 14.7. The van der Waals surface area contributed by atoms with Crippen molar-refractivity contribution < 1.29 is 19.1 Å². The van der Waals surface area contributed by atoms with Gasteiger partial charge in [0, 0.05) is 0 Å². The molecule has 0 aliphatic rings. The fourth-order valence-electron chi connectivity index (χ4n) is 3.10. The zero-order valence-electron chi connectivity index (χ0n) is 18.8. The third kappa shape index (κ3) is 7.96. The molecule has 2 N–H and O–H groups in total. The van der Waals surface area contributed by atoms with E-state index in [9.17, 15) is 9.59 Å². The highest BCUT2D eigenvalue weighted by atomic mass is 16.5. The van der Waals surface area contributed by atoms with Crippen molar-refractivity contribution in [3.05, 3.63) is 59.7 Å². The molecule has 1 atom stereocenters. The standard InChI is InChI=1S/C25H34N2O4/c1-4-6-7-12-17-30-23-16-11-9-14-21(23)25(29)27-26-24(28)18-31-22-15-10-8-13-20(22)19(3)5-2/h8-11,13-16,19H,4-7,12,17-18H2,1-3H3,(H,26,28)(H,27,29)/t19-/m0/s1. The van der Waals surface area contributed by atoms with Crippen LogP contribution in [-0.4, -0.2) is 25.0 Å². The fraction of sp³-hybridized carbons (Fsp3) is 0.440. The van der Waals surface area contributed by atoms with Gasteiger partial charge >= 0.3 is 0 Å². The summed E-state index contributed by atoms with van der Waals surface area (Å²) in [5.41, 5.74) is 6.28. The van der Waals surface area contributed by atoms with Crippen LogP contribution >= 0.6 is 0 Å². The Labute approximate surface area is 185 Å². The smallest absolute Gasteiger partial charge is 0.276 e. The summed E-state index contributed by atoms with van der Waals surface area (Å²) in [6.07, 6.45) is 5.34. The Hall–Kier alpha value is -3.02. The molecule has 0 fully saturated rings. The van der Waals surface area contributed by atoms with E-state index in [1.807, 2.05) is 30.3 Å². The van der Waals surface area contributed by atoms with E-state index in [0.717, 1.165) is 31.2 Å². The molecule has 0 aromatic heterocycles. The van der Waals surface area contributed by atoms with Crippen LogP contribution in [0.5, 0.6) is 11.5 Å². The number of hydrogen-bond donors (Lipinski definition) is 2. The van der Waals surface area contributed by atoms with Crippen molar-refractivity contribution in [2.24, 2.45) is 0 Å². The van der Waals surface area contributed by atoms with Gasteiger partial charge in [-0.15, -0.1) is 0 Å². The normalized spacial score (nSPS) is 11.5. The van der Waals surface area contributed by atoms with Gasteiger partial charge in [0.15, 0.2) is 6.61 Å². The van der Waals surface area contributed by atoms with E-state index >= 15 is 0 Å². The van der Waals surface area contributed by atoms with E-state index in [0.29, 0.717) is 29.6 Å². The number of carbonyl (C=O) groups excluding carboxylic acids is 2. The zero-order chi connectivity index (χ0) is 22.5. The SMILES string of the molecule is CCCCCCOc1ccccc1C(=O)NNC(=O)COc1ccccc1[C@@H](C)CC. The summed E-state index contributed by atoms with van der Waals surface area (Å²) in [5.74, 6) is 0.643. The predicted octanol–water partition coefficient (Wildman–Crippen LogP) is 5.00. The number of amides is 2. The van der Waals surface area contributed by atoms with Crippen LogP contribution in [0, 0.1) is 0 Å². The summed E-state index contributed by atoms with van der Waals surface area (Å²) in [4.78, 5) is 24.7. The van der Waals surface area contributed by atoms with Crippen molar-refractivity contribution in [1.82, 2.24) is 10.9 Å². The van der Waals surface area contributed by atoms with Gasteiger partial charge in [-0.1, -0.05) is 70.4 Å². The van der Waals surface area contributed by atoms with Gasteiger partial charge in [0.2, 0.25) is 0 Å². The van der Waals surface area contributed by atoms with Crippen LogP contribution in [0.1, 0.15) is 74.7 Å². The monoisotopic (exact) mass is 426 g/mol. The van der Waals surface area contributed by atoms with E-state index < -0.39 is 11.8 Å². The molecule has 0 aliphatic carbocycles. The molecule has 31 heavy (non-hydrogen) atoms. The van der Waals surface area contributed by atoms with Crippen molar-refractivity contribution >= 4 is 11.8 Å². The molecule has 2 rings (SSSR count). The van der Waals surface area contributed by atoms with E-state index in [4.69, 9.17) is 9.47 Å². The fourth-order valence-corrected chi connectivity index (χ4v) is 3.10. The van der Waals surface area contributed by atoms with Crippen LogP contribution in [0.15, 0.2) is 48.5 Å². The summed E-state index contributed by atoms with van der Waals surface area (Å²) in [6.45, 7) is 6.75. The van der Waals surface area contributed by atoms with E-state index in [-0.39, 0.29) is 6.61 Å². The average molecular weight is 427 g/mol. The maximum atomic E-state index is 12.5. The van der Waals surface area contributed by atoms with Crippen molar-refractivity contribution in [3.8, 4) is 11.5 Å². The molecule has 6 heteroatoms. The molecule has 168 valence electrons. The van der Waals surface area contributed by atoms with E-state index in [1.54, 1.807) is 18.2 Å². The summed E-state index contributed by atoms with van der Waals surface area (Å²) in [5, 5.41) is 0. The molecule has 0 spiro atoms. The molecular formula is C25H34N2O4. The number of carbonyl (C=O) groups is 2. The molecule has 2 amide bonds. The maximum absolute atomic E-state index is 12.5. The van der Waals surface area contributed by atoms with Gasteiger partial charge in [0.25, 0.3) is 11.8 Å². The Kier molecular flexibility index (Phi) is 10.4. The topological polar surface area (TPSA) is 76.7 Å². The number of ether oxygens (including phenoxy) is 2. The van der Waals surface area contributed by atoms with Crippen LogP contribution in [0.25, 0.3) is 0 Å². The molecule has 2 aromatic rings. The lowest BCUT2D eigenvalue weighted by Gasteiger charge is -2.16. The Morgan fingerprint density at radius 1 is 0.871 bits per heavy atom. The summed E-state index contributed by atoms with van der Waals surface area (Å²) >= 11 is 0. The van der Waals surface area contributed by atoms with Crippen molar-refractivity contribution in [3.63, 3.8) is 0 Å². The van der Waals surface area contributed by atoms with Gasteiger partial charge in [-0.05, 0) is 42.5 Å². The molecular weight excluding hydrogens is 392 g/mol. The number of rotatable bonds is 12. The molecule has 0 heterocycles. The molecule has 0 radical (unpaired) electrons. The van der Waals surface area contributed by atoms with Gasteiger partial charge < -0.3 is 9.47 Å². The second-order valence-corrected chi connectivity index (χ2v) is 7.54. The molecule has 0 aliphatic heterocycles. The molecule has 0 bridgehead atoms. The van der Waals surface area contributed by atoms with Crippen LogP contribution < -0.4 is 20.3 Å². The first kappa shape index (κ1) is 24.3. The van der Waals surface area contributed by atoms with Crippen molar-refractivity contribution in [2.75, 3.05) is 13.2 Å². The average Bonchev–Trinajstić information content (AvgIpc) is 2.81. The first-order valence-electron chi connectivity index (χ1n) is 11.1. The van der Waals surface area contributed by atoms with Gasteiger partial charge in [-0.3, -0.25) is 20.4 Å². The van der Waals surface area contributed by atoms with Gasteiger partial charge in [-0.2, -0.15) is 0 Å². The highest BCUT2D eigenvalue weighted by Gasteiger charge is 2.14. The lowest BCUT2D eigenvalue weighted by molar-refractivity contribution is -0.123. The Balaban J connectivity index is 1.84. The predicted molar refractivity (Wildman–Crippen MR) is 122 cm³/mol. The second kappa shape index (κ2) is 13.3. The maximum Gasteiger partial charge on any atom is 0.276 e. The Morgan fingerprint density at radius 2 is 1.58 bits per heavy atom. The van der Waals surface area contributed by atoms with Crippen LogP contribution in [0.2, 0.25) is 0 Å². The first-order valence-corrected chi connectivity index (χ1v) is 11.1. The molecule has 0 saturated heterocycles. The number of benzene rings is 2. The highest BCUT2D eigenvalue weighted by molar-refractivity contribution is 5.97. The third-order valence-corrected chi connectivity index (χ3v) is 5.12. The number of unbranched alkanes of at least 4 members (excludes halogenated alkanes) is 3. The minimum atomic E-state index is -0.440. The quantitative estimate of drug-likeness (QED) is 0.370. The van der Waals surface area contributed by atoms with Crippen LogP contribution in [-0.2, 0) is 4.79 Å². The minimum Gasteiger partial charge on any atom is -0.493 e. The van der Waals surface area contributed by atoms with Gasteiger partial charge in [-0.25, -0.2) is 0 Å². The third-order valence-electron chi connectivity index (χ3n) is 5.12. The largest absolute Gasteiger partial charge is 0.493 e. The molecule has 2 aromatic carbocycles. The number of nitrogens with one attached hydrogen (secondary N) is 2. The Bertz CT molecular complexity index is 838. The minimum absolute atomic E-state index is 0.191. The lowest BCUT2D eigenvalue weighted by Crippen LogP contribution is -2.44. The summed E-state index contributed by atoms with van der Waals surface area (Å²) in [7, 11) is 0. The summed E-state index contributed by atoms with van der Waals surface area (Å²) < 4.78 is 11.4. The Morgan fingerprint density at radius 3 is 2.32 bits per heavy atom. The number of hydrogen-bond acceptors (Lipinski definition) is 4. The van der Waals surface area contributed by atoms with E-state index in [1.165, 1.54) is 6.42 Å². The lowest BCUT2D eigenvalue weighted by atomic mass is 9.98. The number of hydrazine groups is 1.